The van der Waals surface area contributed by atoms with Crippen LogP contribution >= 0.6 is 0 Å². The molecule has 37 heavy (non-hydrogen) atoms. The van der Waals surface area contributed by atoms with Gasteiger partial charge in [0, 0.05) is 42.3 Å². The highest BCUT2D eigenvalue weighted by Gasteiger charge is 2.24. The first-order chi connectivity index (χ1) is 18.0. The fourth-order valence-electron chi connectivity index (χ4n) is 5.15. The molecule has 1 heterocycles. The largest absolute Gasteiger partial charge is 0.366 e. The number of carbonyl (C=O) groups is 2. The van der Waals surface area contributed by atoms with E-state index in [0.29, 0.717) is 17.8 Å². The molecule has 1 saturated carbocycles. The maximum absolute atomic E-state index is 13.5. The van der Waals surface area contributed by atoms with Gasteiger partial charge in [-0.15, -0.1) is 0 Å². The number of nitrogens with zero attached hydrogens (tertiary/aromatic N) is 1. The molecule has 6 nitrogen and oxygen atoms in total. The second kappa shape index (κ2) is 11.0. The number of amides is 3. The first kappa shape index (κ1) is 24.7. The van der Waals surface area contributed by atoms with Crippen LogP contribution in [0.1, 0.15) is 53.6 Å². The monoisotopic (exact) mass is 504 g/mol. The first-order valence-corrected chi connectivity index (χ1v) is 12.8. The van der Waals surface area contributed by atoms with E-state index in [9.17, 15) is 18.4 Å². The van der Waals surface area contributed by atoms with Crippen LogP contribution in [0, 0.1) is 11.6 Å². The van der Waals surface area contributed by atoms with E-state index in [1.807, 2.05) is 18.2 Å². The Morgan fingerprint density at radius 2 is 1.51 bits per heavy atom. The molecular formula is C29H30F2N4O2. The van der Waals surface area contributed by atoms with Crippen molar-refractivity contribution in [2.45, 2.75) is 51.1 Å². The number of urea groups is 1. The standard InChI is InChI=1S/C29H30F2N4O2/c30-25-12-10-23(17-26(25)31)34-29(37)33-22-11-13-27(35-15-14-19-6-4-5-7-20(19)18-35)24(16-22)28(36)32-21-8-2-1-3-9-21/h4-7,10-13,16-17,21H,1-3,8-9,14-15,18H2,(H,32,36)(H2,33,34,37). The van der Waals surface area contributed by atoms with Crippen LogP contribution in [-0.4, -0.2) is 24.5 Å². The zero-order valence-electron chi connectivity index (χ0n) is 20.5. The van der Waals surface area contributed by atoms with Crippen LogP contribution < -0.4 is 20.9 Å². The minimum absolute atomic E-state index is 0.121. The molecule has 0 saturated heterocycles. The highest BCUT2D eigenvalue weighted by molar-refractivity contribution is 6.04. The number of anilines is 3. The van der Waals surface area contributed by atoms with Gasteiger partial charge in [-0.3, -0.25) is 4.79 Å². The van der Waals surface area contributed by atoms with Crippen molar-refractivity contribution in [1.82, 2.24) is 5.32 Å². The van der Waals surface area contributed by atoms with E-state index in [4.69, 9.17) is 0 Å². The van der Waals surface area contributed by atoms with Crippen LogP contribution in [0.4, 0.5) is 30.6 Å². The molecule has 0 atom stereocenters. The third-order valence-electron chi connectivity index (χ3n) is 7.09. The fourth-order valence-corrected chi connectivity index (χ4v) is 5.15. The van der Waals surface area contributed by atoms with E-state index >= 15 is 0 Å². The number of benzene rings is 3. The molecule has 0 spiro atoms. The Bertz CT molecular complexity index is 1310. The summed E-state index contributed by atoms with van der Waals surface area (Å²) in [5.41, 5.74) is 4.41. The van der Waals surface area contributed by atoms with Crippen LogP contribution in [0.25, 0.3) is 0 Å². The molecule has 8 heteroatoms. The lowest BCUT2D eigenvalue weighted by Crippen LogP contribution is -2.38. The Balaban J connectivity index is 1.37. The van der Waals surface area contributed by atoms with E-state index in [1.54, 1.807) is 12.1 Å². The maximum Gasteiger partial charge on any atom is 0.323 e. The summed E-state index contributed by atoms with van der Waals surface area (Å²) >= 11 is 0. The maximum atomic E-state index is 13.5. The second-order valence-electron chi connectivity index (χ2n) is 9.69. The van der Waals surface area contributed by atoms with E-state index in [-0.39, 0.29) is 17.6 Å². The lowest BCUT2D eigenvalue weighted by atomic mass is 9.95. The molecule has 3 aromatic carbocycles. The molecule has 0 unspecified atom stereocenters. The minimum atomic E-state index is -1.05. The van der Waals surface area contributed by atoms with Crippen molar-refractivity contribution in [3.05, 3.63) is 89.0 Å². The van der Waals surface area contributed by atoms with Gasteiger partial charge in [-0.1, -0.05) is 43.5 Å². The normalized spacial score (nSPS) is 15.6. The molecule has 3 aromatic rings. The Kier molecular flexibility index (Phi) is 7.35. The average Bonchev–Trinajstić information content (AvgIpc) is 2.91. The van der Waals surface area contributed by atoms with Crippen molar-refractivity contribution in [2.24, 2.45) is 0 Å². The van der Waals surface area contributed by atoms with Crippen LogP contribution in [-0.2, 0) is 13.0 Å². The van der Waals surface area contributed by atoms with Crippen molar-refractivity contribution < 1.29 is 18.4 Å². The smallest absolute Gasteiger partial charge is 0.323 e. The number of fused-ring (bicyclic) bond motifs is 1. The summed E-state index contributed by atoms with van der Waals surface area (Å²) in [6.07, 6.45) is 6.21. The predicted octanol–water partition coefficient (Wildman–Crippen LogP) is 6.23. The van der Waals surface area contributed by atoms with Crippen LogP contribution in [0.2, 0.25) is 0 Å². The number of carbonyl (C=O) groups excluding carboxylic acids is 2. The van der Waals surface area contributed by atoms with Gasteiger partial charge in [0.1, 0.15) is 0 Å². The van der Waals surface area contributed by atoms with E-state index in [2.05, 4.69) is 33.0 Å². The zero-order valence-corrected chi connectivity index (χ0v) is 20.5. The molecule has 2 aliphatic rings. The summed E-state index contributed by atoms with van der Waals surface area (Å²) in [7, 11) is 0. The molecule has 0 aromatic heterocycles. The SMILES string of the molecule is O=C(Nc1ccc(F)c(F)c1)Nc1ccc(N2CCc3ccccc3C2)c(C(=O)NC2CCCCC2)c1. The highest BCUT2D eigenvalue weighted by atomic mass is 19.2. The number of rotatable bonds is 5. The molecule has 0 radical (unpaired) electrons. The molecule has 1 fully saturated rings. The second-order valence-corrected chi connectivity index (χ2v) is 9.69. The third-order valence-corrected chi connectivity index (χ3v) is 7.09. The molecule has 1 aliphatic heterocycles. The number of hydrogen-bond donors (Lipinski definition) is 3. The average molecular weight is 505 g/mol. The van der Waals surface area contributed by atoms with Crippen molar-refractivity contribution in [3.63, 3.8) is 0 Å². The molecule has 1 aliphatic carbocycles. The van der Waals surface area contributed by atoms with E-state index in [1.165, 1.54) is 23.6 Å². The summed E-state index contributed by atoms with van der Waals surface area (Å²) in [4.78, 5) is 28.2. The zero-order chi connectivity index (χ0) is 25.8. The number of halogens is 2. The Morgan fingerprint density at radius 3 is 2.27 bits per heavy atom. The van der Waals surface area contributed by atoms with Gasteiger partial charge in [0.2, 0.25) is 0 Å². The van der Waals surface area contributed by atoms with Crippen LogP contribution in [0.15, 0.2) is 60.7 Å². The molecule has 0 bridgehead atoms. The van der Waals surface area contributed by atoms with Gasteiger partial charge >= 0.3 is 6.03 Å². The molecular weight excluding hydrogens is 474 g/mol. The van der Waals surface area contributed by atoms with Gasteiger partial charge in [0.15, 0.2) is 11.6 Å². The lowest BCUT2D eigenvalue weighted by molar-refractivity contribution is 0.0928. The Morgan fingerprint density at radius 1 is 0.811 bits per heavy atom. The topological polar surface area (TPSA) is 73.5 Å². The van der Waals surface area contributed by atoms with Gasteiger partial charge in [-0.05, 0) is 60.7 Å². The van der Waals surface area contributed by atoms with Gasteiger partial charge in [-0.2, -0.15) is 0 Å². The third kappa shape index (κ3) is 5.90. The highest BCUT2D eigenvalue weighted by Crippen LogP contribution is 2.30. The summed E-state index contributed by atoms with van der Waals surface area (Å²) < 4.78 is 26.7. The van der Waals surface area contributed by atoms with Gasteiger partial charge in [0.05, 0.1) is 5.56 Å². The quantitative estimate of drug-likeness (QED) is 0.385. The first-order valence-electron chi connectivity index (χ1n) is 12.8. The Hall–Kier alpha value is -3.94. The summed E-state index contributed by atoms with van der Waals surface area (Å²) in [6, 6.07) is 16.3. The molecule has 3 N–H and O–H groups in total. The summed E-state index contributed by atoms with van der Waals surface area (Å²) in [6.45, 7) is 1.48. The summed E-state index contributed by atoms with van der Waals surface area (Å²) in [5, 5.41) is 8.39. The fraction of sp³-hybridized carbons (Fsp3) is 0.310. The van der Waals surface area contributed by atoms with Crippen molar-refractivity contribution in [1.29, 1.82) is 0 Å². The minimum Gasteiger partial charge on any atom is -0.366 e. The van der Waals surface area contributed by atoms with Crippen LogP contribution in [0.3, 0.4) is 0 Å². The van der Waals surface area contributed by atoms with Gasteiger partial charge in [0.25, 0.3) is 5.91 Å². The van der Waals surface area contributed by atoms with Gasteiger partial charge < -0.3 is 20.9 Å². The number of hydrogen-bond acceptors (Lipinski definition) is 3. The van der Waals surface area contributed by atoms with E-state index < -0.39 is 17.7 Å². The molecule has 192 valence electrons. The van der Waals surface area contributed by atoms with Crippen LogP contribution in [0.5, 0.6) is 0 Å². The molecule has 3 amide bonds. The van der Waals surface area contributed by atoms with Gasteiger partial charge in [-0.25, -0.2) is 13.6 Å². The van der Waals surface area contributed by atoms with Crippen molar-refractivity contribution >= 4 is 29.0 Å². The lowest BCUT2D eigenvalue weighted by Gasteiger charge is -2.32. The van der Waals surface area contributed by atoms with E-state index in [0.717, 1.165) is 56.5 Å². The summed E-state index contributed by atoms with van der Waals surface area (Å²) in [5.74, 6) is -2.20. The molecule has 5 rings (SSSR count). The van der Waals surface area contributed by atoms with Crippen molar-refractivity contribution in [2.75, 3.05) is 22.1 Å². The number of nitrogens with one attached hydrogen (secondary N) is 3. The Labute approximate surface area is 215 Å². The van der Waals surface area contributed by atoms with Crippen molar-refractivity contribution in [3.8, 4) is 0 Å². The predicted molar refractivity (Wildman–Crippen MR) is 141 cm³/mol.